The molecule has 23 heavy (non-hydrogen) atoms. The first-order chi connectivity index (χ1) is 11.0. The van der Waals surface area contributed by atoms with E-state index in [0.29, 0.717) is 25.5 Å². The molecule has 2 atom stereocenters. The van der Waals surface area contributed by atoms with Gasteiger partial charge in [0.1, 0.15) is 5.69 Å². The SMILES string of the molecule is CNC(=O)c1ccc(NC(C)COC2CCOC2)c([N+](=O)[O-])c1. The first kappa shape index (κ1) is 17.2. The Kier molecular flexibility index (Phi) is 5.89. The van der Waals surface area contributed by atoms with Gasteiger partial charge in [0.25, 0.3) is 11.6 Å². The molecule has 1 fully saturated rings. The molecule has 0 saturated carbocycles. The zero-order valence-corrected chi connectivity index (χ0v) is 13.2. The molecule has 8 nitrogen and oxygen atoms in total. The number of anilines is 1. The smallest absolute Gasteiger partial charge is 0.293 e. The van der Waals surface area contributed by atoms with Crippen molar-refractivity contribution in [3.8, 4) is 0 Å². The average molecular weight is 323 g/mol. The lowest BCUT2D eigenvalue weighted by atomic mass is 10.1. The van der Waals surface area contributed by atoms with E-state index in [0.717, 1.165) is 6.42 Å². The number of carbonyl (C=O) groups excluding carboxylic acids is 1. The van der Waals surface area contributed by atoms with Crippen LogP contribution in [0.3, 0.4) is 0 Å². The number of nitro groups is 1. The predicted octanol–water partition coefficient (Wildman–Crippen LogP) is 1.56. The van der Waals surface area contributed by atoms with Gasteiger partial charge < -0.3 is 20.1 Å². The fourth-order valence-electron chi connectivity index (χ4n) is 2.32. The molecule has 1 saturated heterocycles. The Morgan fingerprint density at radius 3 is 2.96 bits per heavy atom. The maximum atomic E-state index is 11.6. The first-order valence-electron chi connectivity index (χ1n) is 7.47. The highest BCUT2D eigenvalue weighted by molar-refractivity contribution is 5.95. The Balaban J connectivity index is 2.02. The lowest BCUT2D eigenvalue weighted by Gasteiger charge is -2.18. The molecule has 1 aliphatic heterocycles. The third kappa shape index (κ3) is 4.64. The van der Waals surface area contributed by atoms with E-state index in [9.17, 15) is 14.9 Å². The van der Waals surface area contributed by atoms with Gasteiger partial charge in [0, 0.05) is 31.3 Å². The van der Waals surface area contributed by atoms with Gasteiger partial charge in [-0.05, 0) is 25.5 Å². The number of nitrogens with zero attached hydrogens (tertiary/aromatic N) is 1. The molecule has 1 aliphatic rings. The van der Waals surface area contributed by atoms with Crippen molar-refractivity contribution in [2.24, 2.45) is 0 Å². The van der Waals surface area contributed by atoms with Crippen molar-refractivity contribution in [1.82, 2.24) is 5.32 Å². The second-order valence-corrected chi connectivity index (χ2v) is 5.43. The van der Waals surface area contributed by atoms with Crippen molar-refractivity contribution in [3.63, 3.8) is 0 Å². The van der Waals surface area contributed by atoms with Crippen LogP contribution in [0.25, 0.3) is 0 Å². The lowest BCUT2D eigenvalue weighted by Crippen LogP contribution is -2.26. The summed E-state index contributed by atoms with van der Waals surface area (Å²) in [5.74, 6) is -0.364. The third-order valence-corrected chi connectivity index (χ3v) is 3.56. The number of nitrogens with one attached hydrogen (secondary N) is 2. The van der Waals surface area contributed by atoms with E-state index < -0.39 is 4.92 Å². The minimum atomic E-state index is -0.507. The topological polar surface area (TPSA) is 103 Å². The van der Waals surface area contributed by atoms with Crippen molar-refractivity contribution in [3.05, 3.63) is 33.9 Å². The van der Waals surface area contributed by atoms with Gasteiger partial charge in [-0.15, -0.1) is 0 Å². The van der Waals surface area contributed by atoms with E-state index in [1.807, 2.05) is 6.92 Å². The Hall–Kier alpha value is -2.19. The number of hydrogen-bond acceptors (Lipinski definition) is 6. The van der Waals surface area contributed by atoms with Crippen LogP contribution in [0, 0.1) is 10.1 Å². The second-order valence-electron chi connectivity index (χ2n) is 5.43. The van der Waals surface area contributed by atoms with Gasteiger partial charge >= 0.3 is 0 Å². The van der Waals surface area contributed by atoms with Gasteiger partial charge in [0.2, 0.25) is 0 Å². The summed E-state index contributed by atoms with van der Waals surface area (Å²) in [7, 11) is 1.48. The van der Waals surface area contributed by atoms with Crippen LogP contribution in [0.4, 0.5) is 11.4 Å². The monoisotopic (exact) mass is 323 g/mol. The van der Waals surface area contributed by atoms with Gasteiger partial charge in [-0.2, -0.15) is 0 Å². The van der Waals surface area contributed by atoms with Gasteiger partial charge in [0.05, 0.1) is 24.2 Å². The standard InChI is InChI=1S/C15H21N3O5/c1-10(8-23-12-5-6-22-9-12)17-13-4-3-11(15(19)16-2)7-14(13)18(20)21/h3-4,7,10,12,17H,5-6,8-9H2,1-2H3,(H,16,19). The van der Waals surface area contributed by atoms with Crippen LogP contribution in [0.15, 0.2) is 18.2 Å². The van der Waals surface area contributed by atoms with Crippen molar-refractivity contribution >= 4 is 17.3 Å². The van der Waals surface area contributed by atoms with Crippen molar-refractivity contribution in [2.75, 3.05) is 32.2 Å². The van der Waals surface area contributed by atoms with E-state index in [-0.39, 0.29) is 29.3 Å². The molecule has 126 valence electrons. The van der Waals surface area contributed by atoms with Crippen LogP contribution < -0.4 is 10.6 Å². The Morgan fingerprint density at radius 1 is 1.57 bits per heavy atom. The molecule has 1 aromatic carbocycles. The Labute approximate surface area is 134 Å². The molecule has 0 spiro atoms. The summed E-state index contributed by atoms with van der Waals surface area (Å²) in [6, 6.07) is 4.24. The minimum absolute atomic E-state index is 0.0878. The summed E-state index contributed by atoms with van der Waals surface area (Å²) in [5, 5.41) is 16.7. The molecule has 1 heterocycles. The summed E-state index contributed by atoms with van der Waals surface area (Å²) in [4.78, 5) is 22.3. The fourth-order valence-corrected chi connectivity index (χ4v) is 2.32. The summed E-state index contributed by atoms with van der Waals surface area (Å²) in [5.41, 5.74) is 0.473. The molecular weight excluding hydrogens is 302 g/mol. The first-order valence-corrected chi connectivity index (χ1v) is 7.47. The van der Waals surface area contributed by atoms with Gasteiger partial charge in [-0.3, -0.25) is 14.9 Å². The maximum absolute atomic E-state index is 11.6. The fraction of sp³-hybridized carbons (Fsp3) is 0.533. The molecular formula is C15H21N3O5. The predicted molar refractivity (Wildman–Crippen MR) is 84.7 cm³/mol. The molecule has 2 N–H and O–H groups in total. The molecule has 2 rings (SSSR count). The van der Waals surface area contributed by atoms with Gasteiger partial charge in [-0.1, -0.05) is 0 Å². The highest BCUT2D eigenvalue weighted by Crippen LogP contribution is 2.26. The molecule has 1 aromatic rings. The highest BCUT2D eigenvalue weighted by atomic mass is 16.6. The van der Waals surface area contributed by atoms with E-state index in [1.54, 1.807) is 6.07 Å². The number of benzene rings is 1. The van der Waals surface area contributed by atoms with Crippen molar-refractivity contribution in [2.45, 2.75) is 25.5 Å². The molecule has 0 radical (unpaired) electrons. The van der Waals surface area contributed by atoms with Crippen LogP contribution >= 0.6 is 0 Å². The highest BCUT2D eigenvalue weighted by Gasteiger charge is 2.20. The number of amides is 1. The lowest BCUT2D eigenvalue weighted by molar-refractivity contribution is -0.384. The number of nitro benzene ring substituents is 1. The summed E-state index contributed by atoms with van der Waals surface area (Å²) in [6.45, 7) is 3.60. The Morgan fingerprint density at radius 2 is 2.35 bits per heavy atom. The minimum Gasteiger partial charge on any atom is -0.379 e. The molecule has 1 amide bonds. The van der Waals surface area contributed by atoms with Crippen molar-refractivity contribution < 1.29 is 19.2 Å². The van der Waals surface area contributed by atoms with Crippen LogP contribution in [-0.2, 0) is 9.47 Å². The molecule has 8 heteroatoms. The number of carbonyl (C=O) groups is 1. The number of ether oxygens (including phenoxy) is 2. The molecule has 0 bridgehead atoms. The summed E-state index contributed by atoms with van der Waals surface area (Å²) < 4.78 is 10.9. The summed E-state index contributed by atoms with van der Waals surface area (Å²) >= 11 is 0. The Bertz CT molecular complexity index is 572. The second kappa shape index (κ2) is 7.89. The van der Waals surface area contributed by atoms with E-state index in [2.05, 4.69) is 10.6 Å². The van der Waals surface area contributed by atoms with Crippen LogP contribution in [0.5, 0.6) is 0 Å². The molecule has 0 aromatic heterocycles. The van der Waals surface area contributed by atoms with Crippen LogP contribution in [0.1, 0.15) is 23.7 Å². The van der Waals surface area contributed by atoms with Crippen LogP contribution in [-0.4, -0.2) is 49.8 Å². The molecule has 2 unspecified atom stereocenters. The van der Waals surface area contributed by atoms with Crippen LogP contribution in [0.2, 0.25) is 0 Å². The quantitative estimate of drug-likeness (QED) is 0.583. The molecule has 0 aliphatic carbocycles. The zero-order valence-electron chi connectivity index (χ0n) is 13.2. The van der Waals surface area contributed by atoms with E-state index in [1.165, 1.54) is 19.2 Å². The van der Waals surface area contributed by atoms with Crippen molar-refractivity contribution in [1.29, 1.82) is 0 Å². The third-order valence-electron chi connectivity index (χ3n) is 3.56. The number of hydrogen-bond donors (Lipinski definition) is 2. The number of rotatable bonds is 7. The summed E-state index contributed by atoms with van der Waals surface area (Å²) in [6.07, 6.45) is 0.957. The van der Waals surface area contributed by atoms with Gasteiger partial charge in [0.15, 0.2) is 0 Å². The largest absolute Gasteiger partial charge is 0.379 e. The van der Waals surface area contributed by atoms with E-state index in [4.69, 9.17) is 9.47 Å². The van der Waals surface area contributed by atoms with Gasteiger partial charge in [-0.25, -0.2) is 0 Å². The average Bonchev–Trinajstić information content (AvgIpc) is 3.05. The van der Waals surface area contributed by atoms with E-state index >= 15 is 0 Å². The normalized spacial score (nSPS) is 18.4. The maximum Gasteiger partial charge on any atom is 0.293 e. The zero-order chi connectivity index (χ0) is 16.8.